The average Bonchev–Trinajstić information content (AvgIpc) is 2.69. The van der Waals surface area contributed by atoms with E-state index >= 15 is 0 Å². The van der Waals surface area contributed by atoms with Gasteiger partial charge in [-0.05, 0) is 48.4 Å². The van der Waals surface area contributed by atoms with Crippen molar-refractivity contribution in [1.29, 1.82) is 0 Å². The molecule has 0 aliphatic heterocycles. The maximum absolute atomic E-state index is 12.6. The Morgan fingerprint density at radius 1 is 0.857 bits per heavy atom. The minimum atomic E-state index is -3.80. The Morgan fingerprint density at radius 2 is 1.50 bits per heavy atom. The first kappa shape index (κ1) is 20.1. The van der Waals surface area contributed by atoms with Crippen molar-refractivity contribution in [2.75, 3.05) is 11.3 Å². The van der Waals surface area contributed by atoms with Crippen molar-refractivity contribution in [3.63, 3.8) is 0 Å². The fraction of sp³-hybridized carbons (Fsp3) is 0.0952. The summed E-state index contributed by atoms with van der Waals surface area (Å²) in [4.78, 5) is 12.7. The van der Waals surface area contributed by atoms with Crippen molar-refractivity contribution < 1.29 is 13.2 Å². The van der Waals surface area contributed by atoms with Crippen LogP contribution in [0.4, 0.5) is 5.69 Å². The van der Waals surface area contributed by atoms with Crippen LogP contribution >= 0.6 is 15.9 Å². The van der Waals surface area contributed by atoms with Gasteiger partial charge in [0.25, 0.3) is 15.9 Å². The monoisotopic (exact) mass is 458 g/mol. The molecule has 1 amide bonds. The minimum Gasteiger partial charge on any atom is -0.352 e. The Kier molecular flexibility index (Phi) is 6.49. The fourth-order valence-electron chi connectivity index (χ4n) is 2.65. The Morgan fingerprint density at radius 3 is 2.21 bits per heavy atom. The van der Waals surface area contributed by atoms with Crippen molar-refractivity contribution >= 4 is 37.5 Å². The Bertz CT molecular complexity index is 1050. The first-order valence-electron chi connectivity index (χ1n) is 8.65. The van der Waals surface area contributed by atoms with Gasteiger partial charge in [0.2, 0.25) is 0 Å². The maximum Gasteiger partial charge on any atom is 0.261 e. The molecule has 0 unspecified atom stereocenters. The number of sulfonamides is 1. The van der Waals surface area contributed by atoms with Gasteiger partial charge in [-0.15, -0.1) is 0 Å². The summed E-state index contributed by atoms with van der Waals surface area (Å²) in [6.07, 6.45) is 0.694. The van der Waals surface area contributed by atoms with Crippen LogP contribution in [0.3, 0.4) is 0 Å². The first-order valence-corrected chi connectivity index (χ1v) is 10.9. The van der Waals surface area contributed by atoms with E-state index in [0.717, 1.165) is 10.0 Å². The second-order valence-electron chi connectivity index (χ2n) is 6.10. The second-order valence-corrected chi connectivity index (χ2v) is 8.69. The molecule has 0 bridgehead atoms. The van der Waals surface area contributed by atoms with Gasteiger partial charge in [-0.2, -0.15) is 0 Å². The Labute approximate surface area is 173 Å². The highest BCUT2D eigenvalue weighted by Gasteiger charge is 2.18. The van der Waals surface area contributed by atoms with Crippen LogP contribution in [0.1, 0.15) is 15.9 Å². The van der Waals surface area contributed by atoms with Crippen molar-refractivity contribution in [2.24, 2.45) is 0 Å². The number of hydrogen-bond acceptors (Lipinski definition) is 3. The molecule has 0 saturated carbocycles. The lowest BCUT2D eigenvalue weighted by atomic mass is 10.1. The van der Waals surface area contributed by atoms with E-state index in [2.05, 4.69) is 26.0 Å². The molecule has 144 valence electrons. The molecule has 0 aliphatic rings. The van der Waals surface area contributed by atoms with Crippen LogP contribution in [0.15, 0.2) is 88.2 Å². The van der Waals surface area contributed by atoms with Crippen molar-refractivity contribution in [3.05, 3.63) is 94.5 Å². The van der Waals surface area contributed by atoms with Gasteiger partial charge in [-0.1, -0.05) is 58.4 Å². The topological polar surface area (TPSA) is 75.3 Å². The number of anilines is 1. The van der Waals surface area contributed by atoms with E-state index in [1.54, 1.807) is 36.4 Å². The molecule has 0 atom stereocenters. The van der Waals surface area contributed by atoms with Gasteiger partial charge in [0, 0.05) is 11.0 Å². The van der Waals surface area contributed by atoms with Crippen LogP contribution in [-0.4, -0.2) is 20.9 Å². The molecule has 0 heterocycles. The Hall–Kier alpha value is -2.64. The number of rotatable bonds is 7. The molecule has 0 radical (unpaired) electrons. The summed E-state index contributed by atoms with van der Waals surface area (Å²) in [6, 6.07) is 22.7. The molecule has 7 heteroatoms. The number of hydrogen-bond donors (Lipinski definition) is 2. The predicted octanol–water partition coefficient (Wildman–Crippen LogP) is 4.22. The highest BCUT2D eigenvalue weighted by Crippen LogP contribution is 2.21. The molecule has 2 N–H and O–H groups in total. The summed E-state index contributed by atoms with van der Waals surface area (Å²) in [5.74, 6) is -0.329. The number of amides is 1. The van der Waals surface area contributed by atoms with Gasteiger partial charge in [0.1, 0.15) is 0 Å². The average molecular weight is 459 g/mol. The predicted molar refractivity (Wildman–Crippen MR) is 114 cm³/mol. The molecule has 0 saturated heterocycles. The number of halogens is 1. The van der Waals surface area contributed by atoms with Gasteiger partial charge in [0.05, 0.1) is 16.1 Å². The highest BCUT2D eigenvalue weighted by molar-refractivity contribution is 9.10. The van der Waals surface area contributed by atoms with Crippen LogP contribution in [0, 0.1) is 0 Å². The van der Waals surface area contributed by atoms with Crippen molar-refractivity contribution in [3.8, 4) is 0 Å². The van der Waals surface area contributed by atoms with Gasteiger partial charge in [-0.3, -0.25) is 9.52 Å². The zero-order chi connectivity index (χ0) is 20.0. The van der Waals surface area contributed by atoms with Crippen LogP contribution in [0.25, 0.3) is 0 Å². The molecule has 3 aromatic carbocycles. The standard InChI is InChI=1S/C21H19BrN2O3S/c22-17-10-12-18(13-11-17)28(26,27)24-20-9-5-4-8-19(20)21(25)23-15-14-16-6-2-1-3-7-16/h1-13,24H,14-15H2,(H,23,25). The zero-order valence-corrected chi connectivity index (χ0v) is 17.3. The van der Waals surface area contributed by atoms with Crippen molar-refractivity contribution in [1.82, 2.24) is 5.32 Å². The first-order chi connectivity index (χ1) is 13.5. The maximum atomic E-state index is 12.6. The molecular formula is C21H19BrN2O3S. The van der Waals surface area contributed by atoms with E-state index in [4.69, 9.17) is 0 Å². The summed E-state index contributed by atoms with van der Waals surface area (Å²) in [5, 5.41) is 2.84. The summed E-state index contributed by atoms with van der Waals surface area (Å²) in [7, 11) is -3.80. The molecule has 0 fully saturated rings. The number of nitrogens with one attached hydrogen (secondary N) is 2. The highest BCUT2D eigenvalue weighted by atomic mass is 79.9. The quantitative estimate of drug-likeness (QED) is 0.556. The lowest BCUT2D eigenvalue weighted by molar-refractivity contribution is 0.0955. The van der Waals surface area contributed by atoms with E-state index in [1.807, 2.05) is 30.3 Å². The molecule has 0 aromatic heterocycles. The SMILES string of the molecule is O=C(NCCc1ccccc1)c1ccccc1NS(=O)(=O)c1ccc(Br)cc1. The van der Waals surface area contributed by atoms with Gasteiger partial charge in [-0.25, -0.2) is 8.42 Å². The largest absolute Gasteiger partial charge is 0.352 e. The van der Waals surface area contributed by atoms with Crippen LogP contribution in [0.2, 0.25) is 0 Å². The molecular weight excluding hydrogens is 440 g/mol. The third kappa shape index (κ3) is 5.21. The smallest absolute Gasteiger partial charge is 0.261 e. The lowest BCUT2D eigenvalue weighted by Crippen LogP contribution is -2.27. The van der Waals surface area contributed by atoms with E-state index in [1.165, 1.54) is 12.1 Å². The number of carbonyl (C=O) groups is 1. The normalized spacial score (nSPS) is 11.0. The van der Waals surface area contributed by atoms with Crippen LogP contribution in [-0.2, 0) is 16.4 Å². The Balaban J connectivity index is 1.71. The van der Waals surface area contributed by atoms with Gasteiger partial charge < -0.3 is 5.32 Å². The lowest BCUT2D eigenvalue weighted by Gasteiger charge is -2.13. The summed E-state index contributed by atoms with van der Waals surface area (Å²) in [6.45, 7) is 0.455. The third-order valence-corrected chi connectivity index (χ3v) is 5.99. The van der Waals surface area contributed by atoms with E-state index in [9.17, 15) is 13.2 Å². The summed E-state index contributed by atoms with van der Waals surface area (Å²) < 4.78 is 28.5. The number of benzene rings is 3. The molecule has 3 rings (SSSR count). The van der Waals surface area contributed by atoms with E-state index in [0.29, 0.717) is 13.0 Å². The van der Waals surface area contributed by atoms with Crippen LogP contribution < -0.4 is 10.0 Å². The molecule has 28 heavy (non-hydrogen) atoms. The van der Waals surface area contributed by atoms with Crippen molar-refractivity contribution in [2.45, 2.75) is 11.3 Å². The molecule has 0 aliphatic carbocycles. The van der Waals surface area contributed by atoms with E-state index in [-0.39, 0.29) is 22.1 Å². The zero-order valence-electron chi connectivity index (χ0n) is 14.9. The number of para-hydroxylation sites is 1. The second kappa shape index (κ2) is 9.03. The fourth-order valence-corrected chi connectivity index (χ4v) is 3.99. The molecule has 3 aromatic rings. The molecule has 5 nitrogen and oxygen atoms in total. The third-order valence-electron chi connectivity index (χ3n) is 4.08. The molecule has 0 spiro atoms. The summed E-state index contributed by atoms with van der Waals surface area (Å²) in [5.41, 5.74) is 1.63. The van der Waals surface area contributed by atoms with E-state index < -0.39 is 10.0 Å². The minimum absolute atomic E-state index is 0.120. The van der Waals surface area contributed by atoms with Gasteiger partial charge >= 0.3 is 0 Å². The summed E-state index contributed by atoms with van der Waals surface area (Å²) >= 11 is 3.28. The van der Waals surface area contributed by atoms with Gasteiger partial charge in [0.15, 0.2) is 0 Å². The number of carbonyl (C=O) groups excluding carboxylic acids is 1. The van der Waals surface area contributed by atoms with Crippen LogP contribution in [0.5, 0.6) is 0 Å².